The van der Waals surface area contributed by atoms with E-state index in [1.807, 2.05) is 50.2 Å². The molecule has 8 heteroatoms. The Hall–Kier alpha value is -2.46. The van der Waals surface area contributed by atoms with Crippen molar-refractivity contribution >= 4 is 29.9 Å². The molecule has 6 nitrogen and oxygen atoms in total. The summed E-state index contributed by atoms with van der Waals surface area (Å²) < 4.78 is 16.3. The van der Waals surface area contributed by atoms with Crippen molar-refractivity contribution in [3.05, 3.63) is 83.7 Å². The largest absolute Gasteiger partial charge is 0.384 e. The lowest BCUT2D eigenvalue weighted by Gasteiger charge is -2.25. The second-order valence-electron chi connectivity index (χ2n) is 7.32. The fourth-order valence-electron chi connectivity index (χ4n) is 3.14. The fourth-order valence-corrected chi connectivity index (χ4v) is 3.14. The number of nitrogens with zero attached hydrogens (tertiary/aromatic N) is 3. The molecule has 0 aliphatic rings. The molecule has 2 aromatic carbocycles. The van der Waals surface area contributed by atoms with Crippen LogP contribution in [-0.4, -0.2) is 33.7 Å². The first-order chi connectivity index (χ1) is 14.4. The Labute approximate surface area is 199 Å². The molecule has 3 aromatic rings. The van der Waals surface area contributed by atoms with Crippen LogP contribution in [0.15, 0.2) is 65.9 Å². The number of aliphatic imine (C=N–C) groups is 1. The molecular weight excluding hydrogens is 508 g/mol. The molecule has 1 heterocycles. The van der Waals surface area contributed by atoms with Crippen LogP contribution in [0.25, 0.3) is 5.69 Å². The smallest absolute Gasteiger partial charge is 0.191 e. The highest BCUT2D eigenvalue weighted by Gasteiger charge is 2.22. The van der Waals surface area contributed by atoms with Crippen molar-refractivity contribution in [3.63, 3.8) is 0 Å². The van der Waals surface area contributed by atoms with Crippen LogP contribution in [0.5, 0.6) is 0 Å². The Balaban J connectivity index is 0.00000341. The summed E-state index contributed by atoms with van der Waals surface area (Å²) in [4.78, 5) is 8.67. The minimum atomic E-state index is -1.05. The molecule has 1 aromatic heterocycles. The lowest BCUT2D eigenvalue weighted by atomic mass is 9.96. The van der Waals surface area contributed by atoms with E-state index in [4.69, 9.17) is 0 Å². The van der Waals surface area contributed by atoms with E-state index in [-0.39, 0.29) is 36.3 Å². The highest BCUT2D eigenvalue weighted by atomic mass is 127. The highest BCUT2D eigenvalue weighted by Crippen LogP contribution is 2.19. The van der Waals surface area contributed by atoms with Crippen LogP contribution in [0.1, 0.15) is 30.8 Å². The predicted molar refractivity (Wildman–Crippen MR) is 133 cm³/mol. The van der Waals surface area contributed by atoms with Crippen LogP contribution in [0.3, 0.4) is 0 Å². The number of imidazole rings is 1. The molecule has 0 spiro atoms. The van der Waals surface area contributed by atoms with E-state index in [2.05, 4.69) is 20.6 Å². The first-order valence-corrected chi connectivity index (χ1v) is 9.99. The maximum atomic E-state index is 14.6. The van der Waals surface area contributed by atoms with E-state index in [1.165, 1.54) is 6.07 Å². The number of guanidine groups is 1. The first-order valence-electron chi connectivity index (χ1n) is 9.99. The van der Waals surface area contributed by atoms with Gasteiger partial charge in [0.05, 0.1) is 18.8 Å². The summed E-state index contributed by atoms with van der Waals surface area (Å²) in [6, 6.07) is 14.6. The van der Waals surface area contributed by atoms with Crippen LogP contribution in [0, 0.1) is 12.7 Å². The third-order valence-electron chi connectivity index (χ3n) is 4.86. The molecule has 1 unspecified atom stereocenters. The Morgan fingerprint density at radius 2 is 1.94 bits per heavy atom. The number of aliphatic hydroxyl groups is 1. The minimum absolute atomic E-state index is 0. The van der Waals surface area contributed by atoms with Gasteiger partial charge in [-0.1, -0.05) is 36.4 Å². The molecule has 0 bridgehead atoms. The normalized spacial score (nSPS) is 13.3. The van der Waals surface area contributed by atoms with Crippen molar-refractivity contribution in [2.24, 2.45) is 4.99 Å². The number of benzene rings is 2. The van der Waals surface area contributed by atoms with Crippen molar-refractivity contribution in [2.45, 2.75) is 32.9 Å². The van der Waals surface area contributed by atoms with E-state index in [9.17, 15) is 9.50 Å². The molecule has 166 valence electrons. The van der Waals surface area contributed by atoms with E-state index in [1.54, 1.807) is 30.0 Å². The average Bonchev–Trinajstić information content (AvgIpc) is 3.16. The van der Waals surface area contributed by atoms with Crippen LogP contribution in [0.2, 0.25) is 0 Å². The summed E-state index contributed by atoms with van der Waals surface area (Å²) in [7, 11) is 0. The lowest BCUT2D eigenvalue weighted by Crippen LogP contribution is -2.44. The molecule has 3 N–H and O–H groups in total. The summed E-state index contributed by atoms with van der Waals surface area (Å²) in [5, 5.41) is 17.1. The quantitative estimate of drug-likeness (QED) is 0.243. The summed E-state index contributed by atoms with van der Waals surface area (Å²) in [5.74, 6) is 0.959. The molecule has 0 radical (unpaired) electrons. The topological polar surface area (TPSA) is 74.5 Å². The van der Waals surface area contributed by atoms with Crippen molar-refractivity contribution in [1.82, 2.24) is 20.2 Å². The second-order valence-corrected chi connectivity index (χ2v) is 7.32. The van der Waals surface area contributed by atoms with Gasteiger partial charge in [-0.2, -0.15) is 0 Å². The fraction of sp³-hybridized carbons (Fsp3) is 0.304. The van der Waals surface area contributed by atoms with Crippen molar-refractivity contribution in [3.8, 4) is 5.69 Å². The molecule has 0 fully saturated rings. The van der Waals surface area contributed by atoms with Crippen molar-refractivity contribution < 1.29 is 9.50 Å². The third-order valence-corrected chi connectivity index (χ3v) is 4.86. The molecule has 0 aliphatic heterocycles. The maximum Gasteiger partial charge on any atom is 0.191 e. The van der Waals surface area contributed by atoms with Gasteiger partial charge in [-0.3, -0.25) is 0 Å². The van der Waals surface area contributed by atoms with E-state index in [0.29, 0.717) is 24.7 Å². The van der Waals surface area contributed by atoms with Gasteiger partial charge in [0.1, 0.15) is 17.2 Å². The monoisotopic (exact) mass is 537 g/mol. The second kappa shape index (κ2) is 11.2. The molecule has 0 aliphatic carbocycles. The predicted octanol–water partition coefficient (Wildman–Crippen LogP) is 3.90. The maximum absolute atomic E-state index is 14.6. The zero-order valence-electron chi connectivity index (χ0n) is 18.0. The van der Waals surface area contributed by atoms with Crippen LogP contribution in [0.4, 0.5) is 4.39 Å². The van der Waals surface area contributed by atoms with Crippen LogP contribution < -0.4 is 10.6 Å². The van der Waals surface area contributed by atoms with Gasteiger partial charge in [0.2, 0.25) is 0 Å². The van der Waals surface area contributed by atoms with Gasteiger partial charge in [0, 0.05) is 18.9 Å². The van der Waals surface area contributed by atoms with Gasteiger partial charge in [-0.25, -0.2) is 14.4 Å². The number of hydrogen-bond acceptors (Lipinski definition) is 3. The summed E-state index contributed by atoms with van der Waals surface area (Å²) in [6.45, 7) is 6.82. The summed E-state index contributed by atoms with van der Waals surface area (Å²) in [6.07, 6.45) is 3.38. The Kier molecular flexibility index (Phi) is 9.00. The van der Waals surface area contributed by atoms with Gasteiger partial charge < -0.3 is 20.3 Å². The average molecular weight is 537 g/mol. The Bertz CT molecular complexity index is 1000. The minimum Gasteiger partial charge on any atom is -0.384 e. The van der Waals surface area contributed by atoms with E-state index >= 15 is 0 Å². The number of hydrogen-bond donors (Lipinski definition) is 3. The molecule has 0 saturated heterocycles. The lowest BCUT2D eigenvalue weighted by molar-refractivity contribution is 0.0617. The number of rotatable bonds is 7. The van der Waals surface area contributed by atoms with E-state index in [0.717, 1.165) is 17.0 Å². The number of aromatic nitrogens is 2. The van der Waals surface area contributed by atoms with Gasteiger partial charge in [0.25, 0.3) is 0 Å². The van der Waals surface area contributed by atoms with Crippen LogP contribution >= 0.6 is 24.0 Å². The SMILES string of the molecule is CCNC(=NCc1ccc(-n2ccnc2C)c(F)c1)NCC(C)(O)c1ccccc1.I. The first kappa shape index (κ1) is 24.8. The zero-order chi connectivity index (χ0) is 21.6. The van der Waals surface area contributed by atoms with E-state index < -0.39 is 5.60 Å². The van der Waals surface area contributed by atoms with Gasteiger partial charge in [0.15, 0.2) is 5.96 Å². The third kappa shape index (κ3) is 6.51. The summed E-state index contributed by atoms with van der Waals surface area (Å²) >= 11 is 0. The zero-order valence-corrected chi connectivity index (χ0v) is 20.3. The molecular formula is C23H29FIN5O. The standard InChI is InChI=1S/C23H28FN5O.HI/c1-4-25-22(28-16-23(3,30)19-8-6-5-7-9-19)27-15-18-10-11-21(20(24)14-18)29-13-12-26-17(29)2;/h5-14,30H,4,15-16H2,1-3H3,(H2,25,27,28);1H. The van der Waals surface area contributed by atoms with Crippen molar-refractivity contribution in [1.29, 1.82) is 0 Å². The molecule has 31 heavy (non-hydrogen) atoms. The molecule has 0 saturated carbocycles. The van der Waals surface area contributed by atoms with Crippen LogP contribution in [-0.2, 0) is 12.1 Å². The van der Waals surface area contributed by atoms with Gasteiger partial charge in [-0.15, -0.1) is 24.0 Å². The highest BCUT2D eigenvalue weighted by molar-refractivity contribution is 14.0. The molecule has 1 atom stereocenters. The Morgan fingerprint density at radius 3 is 2.55 bits per heavy atom. The van der Waals surface area contributed by atoms with Crippen molar-refractivity contribution in [2.75, 3.05) is 13.1 Å². The number of halogens is 2. The number of nitrogens with one attached hydrogen (secondary N) is 2. The number of aryl methyl sites for hydroxylation is 1. The molecule has 0 amide bonds. The van der Waals surface area contributed by atoms with Gasteiger partial charge >= 0.3 is 0 Å². The molecule has 3 rings (SSSR count). The van der Waals surface area contributed by atoms with Gasteiger partial charge in [-0.05, 0) is 44.0 Å². The summed E-state index contributed by atoms with van der Waals surface area (Å²) in [5.41, 5.74) is 0.983. The Morgan fingerprint density at radius 1 is 1.19 bits per heavy atom.